The molecule has 0 aliphatic carbocycles. The fourth-order valence-corrected chi connectivity index (χ4v) is 4.02. The van der Waals surface area contributed by atoms with Crippen LogP contribution in [0.2, 0.25) is 0 Å². The molecule has 1 saturated heterocycles. The van der Waals surface area contributed by atoms with Crippen molar-refractivity contribution in [1.29, 1.82) is 0 Å². The van der Waals surface area contributed by atoms with Crippen LogP contribution in [0.1, 0.15) is 35.2 Å². The topological polar surface area (TPSA) is 91.4 Å². The summed E-state index contributed by atoms with van der Waals surface area (Å²) in [4.78, 5) is 18.9. The first-order chi connectivity index (χ1) is 14.3. The molecule has 160 valence electrons. The molecule has 2 aromatic rings. The van der Waals surface area contributed by atoms with Crippen LogP contribution >= 0.6 is 0 Å². The lowest BCUT2D eigenvalue weighted by Gasteiger charge is -2.18. The largest absolute Gasteiger partial charge is 0.357 e. The number of amides is 1. The van der Waals surface area contributed by atoms with Crippen molar-refractivity contribution in [3.05, 3.63) is 64.2 Å². The van der Waals surface area contributed by atoms with E-state index in [1.807, 2.05) is 50.2 Å². The van der Waals surface area contributed by atoms with Gasteiger partial charge >= 0.3 is 0 Å². The highest BCUT2D eigenvalue weighted by Gasteiger charge is 2.15. The number of carbonyl (C=O) groups is 1. The summed E-state index contributed by atoms with van der Waals surface area (Å²) in [6.45, 7) is 5.90. The number of aromatic nitrogens is 1. The minimum absolute atomic E-state index is 0.316. The number of carbonyl (C=O) groups excluding carboxylic acids is 1. The smallest absolute Gasteiger partial charge is 0.235 e. The maximum Gasteiger partial charge on any atom is 0.235 e. The normalized spacial score (nSPS) is 14.4. The van der Waals surface area contributed by atoms with Crippen LogP contribution in [0.5, 0.6) is 0 Å². The minimum atomic E-state index is -3.70. The quantitative estimate of drug-likeness (QED) is 0.674. The standard InChI is InChI=1S/C22H28N4O3S/c1-17-5-7-19(8-6-17)9-12-30(28,29)24-16-22(27)23-15-20-13-18(2)25-21(14-20)26-10-3-4-11-26/h5-9,12-14,24H,3-4,10-11,15-16H2,1-2H3,(H,23,27)/b12-9+. The van der Waals surface area contributed by atoms with E-state index in [0.29, 0.717) is 6.54 Å². The number of rotatable bonds is 8. The molecule has 0 unspecified atom stereocenters. The van der Waals surface area contributed by atoms with Crippen LogP contribution in [-0.2, 0) is 21.4 Å². The predicted molar refractivity (Wildman–Crippen MR) is 119 cm³/mol. The molecule has 1 fully saturated rings. The zero-order valence-electron chi connectivity index (χ0n) is 17.4. The fourth-order valence-electron chi connectivity index (χ4n) is 3.25. The van der Waals surface area contributed by atoms with E-state index in [-0.39, 0.29) is 12.5 Å². The van der Waals surface area contributed by atoms with Gasteiger partial charge in [-0.05, 0) is 56.0 Å². The van der Waals surface area contributed by atoms with Gasteiger partial charge in [-0.3, -0.25) is 4.79 Å². The number of pyridine rings is 1. The molecule has 30 heavy (non-hydrogen) atoms. The van der Waals surface area contributed by atoms with Gasteiger partial charge in [0, 0.05) is 30.7 Å². The van der Waals surface area contributed by atoms with Crippen LogP contribution in [-0.4, -0.2) is 38.9 Å². The molecular weight excluding hydrogens is 400 g/mol. The Bertz CT molecular complexity index is 1010. The monoisotopic (exact) mass is 428 g/mol. The average molecular weight is 429 g/mol. The van der Waals surface area contributed by atoms with Crippen molar-refractivity contribution in [2.45, 2.75) is 33.2 Å². The van der Waals surface area contributed by atoms with Crippen molar-refractivity contribution in [3.8, 4) is 0 Å². The first-order valence-electron chi connectivity index (χ1n) is 10.0. The molecule has 7 nitrogen and oxygen atoms in total. The van der Waals surface area contributed by atoms with Crippen molar-refractivity contribution in [2.24, 2.45) is 0 Å². The molecule has 3 rings (SSSR count). The van der Waals surface area contributed by atoms with E-state index in [4.69, 9.17) is 0 Å². The lowest BCUT2D eigenvalue weighted by molar-refractivity contribution is -0.120. The number of benzene rings is 1. The van der Waals surface area contributed by atoms with Crippen molar-refractivity contribution in [1.82, 2.24) is 15.0 Å². The fraction of sp³-hybridized carbons (Fsp3) is 0.364. The van der Waals surface area contributed by atoms with Crippen molar-refractivity contribution in [3.63, 3.8) is 0 Å². The van der Waals surface area contributed by atoms with Gasteiger partial charge in [-0.25, -0.2) is 18.1 Å². The SMILES string of the molecule is Cc1ccc(/C=C/S(=O)(=O)NCC(=O)NCc2cc(C)nc(N3CCCC3)c2)cc1. The van der Waals surface area contributed by atoms with Gasteiger partial charge in [0.25, 0.3) is 0 Å². The van der Waals surface area contributed by atoms with Crippen LogP contribution in [0.4, 0.5) is 5.82 Å². The Kier molecular flexibility index (Phi) is 7.23. The molecular formula is C22H28N4O3S. The Labute approximate surface area is 178 Å². The first kappa shape index (κ1) is 22.0. The van der Waals surface area contributed by atoms with Gasteiger partial charge in [0.2, 0.25) is 15.9 Å². The van der Waals surface area contributed by atoms with Gasteiger partial charge in [-0.2, -0.15) is 0 Å². The Balaban J connectivity index is 1.50. The van der Waals surface area contributed by atoms with E-state index in [0.717, 1.165) is 46.7 Å². The second-order valence-corrected chi connectivity index (χ2v) is 9.18. The van der Waals surface area contributed by atoms with E-state index in [2.05, 4.69) is 19.9 Å². The van der Waals surface area contributed by atoms with Crippen molar-refractivity contribution in [2.75, 3.05) is 24.5 Å². The number of hydrogen-bond donors (Lipinski definition) is 2. The maximum atomic E-state index is 12.1. The summed E-state index contributed by atoms with van der Waals surface area (Å²) in [6.07, 6.45) is 3.83. The minimum Gasteiger partial charge on any atom is -0.357 e. The molecule has 0 spiro atoms. The highest BCUT2D eigenvalue weighted by Crippen LogP contribution is 2.20. The Hall–Kier alpha value is -2.71. The first-order valence-corrected chi connectivity index (χ1v) is 11.6. The summed E-state index contributed by atoms with van der Waals surface area (Å²) >= 11 is 0. The van der Waals surface area contributed by atoms with Crippen LogP contribution in [0, 0.1) is 13.8 Å². The molecule has 2 heterocycles. The summed E-state index contributed by atoms with van der Waals surface area (Å²) in [5.41, 5.74) is 3.71. The Morgan fingerprint density at radius 3 is 2.53 bits per heavy atom. The third-order valence-electron chi connectivity index (χ3n) is 4.87. The van der Waals surface area contributed by atoms with Crippen LogP contribution in [0.25, 0.3) is 6.08 Å². The maximum absolute atomic E-state index is 12.1. The van der Waals surface area contributed by atoms with Gasteiger partial charge in [-0.15, -0.1) is 0 Å². The average Bonchev–Trinajstić information content (AvgIpc) is 3.25. The number of hydrogen-bond acceptors (Lipinski definition) is 5. The second-order valence-electron chi connectivity index (χ2n) is 7.53. The highest BCUT2D eigenvalue weighted by molar-refractivity contribution is 7.92. The Morgan fingerprint density at radius 2 is 1.83 bits per heavy atom. The van der Waals surface area contributed by atoms with Crippen LogP contribution < -0.4 is 14.9 Å². The van der Waals surface area contributed by atoms with E-state index in [1.165, 1.54) is 18.9 Å². The zero-order valence-corrected chi connectivity index (χ0v) is 18.2. The molecule has 2 N–H and O–H groups in total. The number of aryl methyl sites for hydroxylation is 2. The number of nitrogens with zero attached hydrogens (tertiary/aromatic N) is 2. The molecule has 8 heteroatoms. The van der Waals surface area contributed by atoms with Crippen LogP contribution in [0.3, 0.4) is 0 Å². The zero-order chi connectivity index (χ0) is 21.6. The molecule has 1 aliphatic heterocycles. The van der Waals surface area contributed by atoms with Gasteiger partial charge in [0.1, 0.15) is 5.82 Å². The summed E-state index contributed by atoms with van der Waals surface area (Å²) in [6, 6.07) is 11.4. The van der Waals surface area contributed by atoms with E-state index in [9.17, 15) is 13.2 Å². The predicted octanol–water partition coefficient (Wildman–Crippen LogP) is 2.51. The van der Waals surface area contributed by atoms with Gasteiger partial charge in [-0.1, -0.05) is 29.8 Å². The number of nitrogens with one attached hydrogen (secondary N) is 2. The van der Waals surface area contributed by atoms with Crippen LogP contribution in [0.15, 0.2) is 41.8 Å². The van der Waals surface area contributed by atoms with E-state index in [1.54, 1.807) is 0 Å². The van der Waals surface area contributed by atoms with Crippen molar-refractivity contribution >= 4 is 27.8 Å². The summed E-state index contributed by atoms with van der Waals surface area (Å²) < 4.78 is 26.5. The molecule has 1 amide bonds. The van der Waals surface area contributed by atoms with E-state index >= 15 is 0 Å². The third kappa shape index (κ3) is 6.67. The van der Waals surface area contributed by atoms with E-state index < -0.39 is 10.0 Å². The van der Waals surface area contributed by atoms with Gasteiger partial charge in [0.05, 0.1) is 6.54 Å². The molecule has 1 aromatic carbocycles. The molecule has 0 saturated carbocycles. The lowest BCUT2D eigenvalue weighted by atomic mass is 10.2. The molecule has 0 atom stereocenters. The summed E-state index contributed by atoms with van der Waals surface area (Å²) in [5, 5.41) is 3.83. The summed E-state index contributed by atoms with van der Waals surface area (Å²) in [5.74, 6) is 0.540. The lowest BCUT2D eigenvalue weighted by Crippen LogP contribution is -2.35. The Morgan fingerprint density at radius 1 is 1.13 bits per heavy atom. The van der Waals surface area contributed by atoms with Gasteiger partial charge < -0.3 is 10.2 Å². The molecule has 0 radical (unpaired) electrons. The highest BCUT2D eigenvalue weighted by atomic mass is 32.2. The summed E-state index contributed by atoms with van der Waals surface area (Å²) in [7, 11) is -3.70. The number of anilines is 1. The number of sulfonamides is 1. The second kappa shape index (κ2) is 9.86. The van der Waals surface area contributed by atoms with Gasteiger partial charge in [0.15, 0.2) is 0 Å². The molecule has 0 bridgehead atoms. The molecule has 1 aromatic heterocycles. The van der Waals surface area contributed by atoms with Crippen molar-refractivity contribution < 1.29 is 13.2 Å². The molecule has 1 aliphatic rings. The third-order valence-corrected chi connectivity index (χ3v) is 5.91.